The number of benzene rings is 1. The maximum atomic E-state index is 11.7. The van der Waals surface area contributed by atoms with E-state index in [-0.39, 0.29) is 11.7 Å². The van der Waals surface area contributed by atoms with Gasteiger partial charge in [0, 0.05) is 11.5 Å². The Morgan fingerprint density at radius 3 is 2.60 bits per heavy atom. The molecule has 0 heterocycles. The molecule has 0 saturated heterocycles. The lowest BCUT2D eigenvalue weighted by atomic mass is 9.96. The summed E-state index contributed by atoms with van der Waals surface area (Å²) >= 11 is 0. The van der Waals surface area contributed by atoms with Crippen LogP contribution in [-0.2, 0) is 6.42 Å². The van der Waals surface area contributed by atoms with Crippen LogP contribution in [0.15, 0.2) is 18.2 Å². The SMILES string of the molecule is CCc1ccc(C(=O)C(C)C)cc1C#N. The molecular formula is C13H15NO. The molecule has 0 amide bonds. The van der Waals surface area contributed by atoms with Gasteiger partial charge in [0.2, 0.25) is 0 Å². The first-order valence-corrected chi connectivity index (χ1v) is 5.17. The molecule has 1 rings (SSSR count). The number of carbonyl (C=O) groups excluding carboxylic acids is 1. The smallest absolute Gasteiger partial charge is 0.165 e. The van der Waals surface area contributed by atoms with Gasteiger partial charge in [0.25, 0.3) is 0 Å². The van der Waals surface area contributed by atoms with Gasteiger partial charge in [-0.2, -0.15) is 5.26 Å². The minimum Gasteiger partial charge on any atom is -0.294 e. The van der Waals surface area contributed by atoms with Crippen molar-refractivity contribution in [1.29, 1.82) is 5.26 Å². The highest BCUT2D eigenvalue weighted by Gasteiger charge is 2.12. The summed E-state index contributed by atoms with van der Waals surface area (Å²) in [5.41, 5.74) is 2.25. The summed E-state index contributed by atoms with van der Waals surface area (Å²) in [7, 11) is 0. The molecule has 0 fully saturated rings. The topological polar surface area (TPSA) is 40.9 Å². The van der Waals surface area contributed by atoms with Crippen LogP contribution in [0, 0.1) is 17.2 Å². The third-order valence-corrected chi connectivity index (χ3v) is 2.42. The Bertz CT molecular complexity index is 413. The molecule has 15 heavy (non-hydrogen) atoms. The van der Waals surface area contributed by atoms with Gasteiger partial charge in [-0.1, -0.05) is 32.9 Å². The molecule has 0 atom stereocenters. The second kappa shape index (κ2) is 4.75. The third-order valence-electron chi connectivity index (χ3n) is 2.42. The molecule has 0 unspecified atom stereocenters. The average Bonchev–Trinajstić information content (AvgIpc) is 2.26. The largest absolute Gasteiger partial charge is 0.294 e. The van der Waals surface area contributed by atoms with E-state index in [1.54, 1.807) is 6.07 Å². The molecule has 78 valence electrons. The molecule has 0 saturated carbocycles. The quantitative estimate of drug-likeness (QED) is 0.705. The molecule has 0 bridgehead atoms. The number of hydrogen-bond donors (Lipinski definition) is 0. The average molecular weight is 201 g/mol. The van der Waals surface area contributed by atoms with E-state index in [4.69, 9.17) is 5.26 Å². The van der Waals surface area contributed by atoms with Gasteiger partial charge in [0.1, 0.15) is 0 Å². The summed E-state index contributed by atoms with van der Waals surface area (Å²) in [5, 5.41) is 8.93. The predicted octanol–water partition coefficient (Wildman–Crippen LogP) is 2.96. The van der Waals surface area contributed by atoms with Gasteiger partial charge in [0.05, 0.1) is 11.6 Å². The Morgan fingerprint density at radius 1 is 1.47 bits per heavy atom. The van der Waals surface area contributed by atoms with E-state index in [0.29, 0.717) is 11.1 Å². The Kier molecular flexibility index (Phi) is 3.62. The highest BCUT2D eigenvalue weighted by molar-refractivity contribution is 5.97. The lowest BCUT2D eigenvalue weighted by Crippen LogP contribution is -2.08. The lowest BCUT2D eigenvalue weighted by molar-refractivity contribution is 0.0939. The summed E-state index contributed by atoms with van der Waals surface area (Å²) < 4.78 is 0. The van der Waals surface area contributed by atoms with Gasteiger partial charge < -0.3 is 0 Å². The van der Waals surface area contributed by atoms with Gasteiger partial charge in [0.15, 0.2) is 5.78 Å². The fourth-order valence-electron chi connectivity index (χ4n) is 1.48. The fraction of sp³-hybridized carbons (Fsp3) is 0.385. The Hall–Kier alpha value is -1.62. The summed E-state index contributed by atoms with van der Waals surface area (Å²) in [6, 6.07) is 7.50. The molecule has 1 aromatic carbocycles. The van der Waals surface area contributed by atoms with E-state index in [9.17, 15) is 4.79 Å². The minimum atomic E-state index is -0.0241. The van der Waals surface area contributed by atoms with Gasteiger partial charge in [-0.3, -0.25) is 4.79 Å². The van der Waals surface area contributed by atoms with Gasteiger partial charge in [-0.25, -0.2) is 0 Å². The molecule has 0 aromatic heterocycles. The molecule has 2 heteroatoms. The molecule has 0 radical (unpaired) electrons. The number of aryl methyl sites for hydroxylation is 1. The molecule has 0 spiro atoms. The molecule has 1 aromatic rings. The van der Waals surface area contributed by atoms with E-state index >= 15 is 0 Å². The zero-order valence-corrected chi connectivity index (χ0v) is 9.37. The van der Waals surface area contributed by atoms with E-state index in [2.05, 4.69) is 6.07 Å². The summed E-state index contributed by atoms with van der Waals surface area (Å²) in [6.07, 6.45) is 0.818. The van der Waals surface area contributed by atoms with Crippen molar-refractivity contribution in [3.63, 3.8) is 0 Å². The number of hydrogen-bond acceptors (Lipinski definition) is 2. The van der Waals surface area contributed by atoms with Crippen LogP contribution < -0.4 is 0 Å². The molecule has 0 aliphatic rings. The number of carbonyl (C=O) groups is 1. The lowest BCUT2D eigenvalue weighted by Gasteiger charge is -2.06. The van der Waals surface area contributed by atoms with Crippen molar-refractivity contribution in [3.8, 4) is 6.07 Å². The number of nitriles is 1. The van der Waals surface area contributed by atoms with Crippen LogP contribution in [0.5, 0.6) is 0 Å². The first-order valence-electron chi connectivity index (χ1n) is 5.17. The van der Waals surface area contributed by atoms with Crippen molar-refractivity contribution in [2.75, 3.05) is 0 Å². The van der Waals surface area contributed by atoms with Crippen molar-refractivity contribution in [2.45, 2.75) is 27.2 Å². The van der Waals surface area contributed by atoms with Gasteiger partial charge in [-0.15, -0.1) is 0 Å². The highest BCUT2D eigenvalue weighted by atomic mass is 16.1. The monoisotopic (exact) mass is 201 g/mol. The van der Waals surface area contributed by atoms with Crippen molar-refractivity contribution in [3.05, 3.63) is 34.9 Å². The van der Waals surface area contributed by atoms with Crippen LogP contribution in [0.25, 0.3) is 0 Å². The Labute approximate surface area is 90.5 Å². The van der Waals surface area contributed by atoms with E-state index < -0.39 is 0 Å². The van der Waals surface area contributed by atoms with E-state index in [0.717, 1.165) is 12.0 Å². The number of nitrogens with zero attached hydrogens (tertiary/aromatic N) is 1. The Balaban J connectivity index is 3.15. The zero-order valence-electron chi connectivity index (χ0n) is 9.37. The zero-order chi connectivity index (χ0) is 11.4. The number of Topliss-reactive ketones (excluding diaryl/α,β-unsaturated/α-hetero) is 1. The molecule has 0 aliphatic carbocycles. The van der Waals surface area contributed by atoms with Gasteiger partial charge >= 0.3 is 0 Å². The molecule has 0 aliphatic heterocycles. The molecular weight excluding hydrogens is 186 g/mol. The van der Waals surface area contributed by atoms with E-state index in [1.807, 2.05) is 32.9 Å². The summed E-state index contributed by atoms with van der Waals surface area (Å²) in [4.78, 5) is 11.7. The second-order valence-electron chi connectivity index (χ2n) is 3.86. The van der Waals surface area contributed by atoms with Crippen molar-refractivity contribution < 1.29 is 4.79 Å². The highest BCUT2D eigenvalue weighted by Crippen LogP contribution is 2.15. The number of rotatable bonds is 3. The van der Waals surface area contributed by atoms with Crippen molar-refractivity contribution >= 4 is 5.78 Å². The minimum absolute atomic E-state index is 0.0241. The predicted molar refractivity (Wildman–Crippen MR) is 59.7 cm³/mol. The molecule has 0 N–H and O–H groups in total. The first kappa shape index (κ1) is 11.5. The normalized spacial score (nSPS) is 10.1. The van der Waals surface area contributed by atoms with Crippen LogP contribution >= 0.6 is 0 Å². The maximum absolute atomic E-state index is 11.7. The number of ketones is 1. The van der Waals surface area contributed by atoms with Crippen LogP contribution in [-0.4, -0.2) is 5.78 Å². The second-order valence-corrected chi connectivity index (χ2v) is 3.86. The fourth-order valence-corrected chi connectivity index (χ4v) is 1.48. The Morgan fingerprint density at radius 2 is 2.13 bits per heavy atom. The van der Waals surface area contributed by atoms with Crippen LogP contribution in [0.4, 0.5) is 0 Å². The van der Waals surface area contributed by atoms with Crippen LogP contribution in [0.3, 0.4) is 0 Å². The van der Waals surface area contributed by atoms with Crippen molar-refractivity contribution in [1.82, 2.24) is 0 Å². The first-order chi connectivity index (χ1) is 7.10. The van der Waals surface area contributed by atoms with Crippen molar-refractivity contribution in [2.24, 2.45) is 5.92 Å². The van der Waals surface area contributed by atoms with Crippen LogP contribution in [0.1, 0.15) is 42.3 Å². The summed E-state index contributed by atoms with van der Waals surface area (Å²) in [6.45, 7) is 5.73. The molecule has 2 nitrogen and oxygen atoms in total. The van der Waals surface area contributed by atoms with E-state index in [1.165, 1.54) is 0 Å². The standard InChI is InChI=1S/C13H15NO/c1-4-10-5-6-11(7-12(10)8-14)13(15)9(2)3/h5-7,9H,4H2,1-3H3. The van der Waals surface area contributed by atoms with Gasteiger partial charge in [-0.05, 0) is 18.1 Å². The van der Waals surface area contributed by atoms with Crippen LogP contribution in [0.2, 0.25) is 0 Å². The third kappa shape index (κ3) is 2.44. The summed E-state index contributed by atoms with van der Waals surface area (Å²) in [5.74, 6) is 0.0678. The maximum Gasteiger partial charge on any atom is 0.165 e.